The molecule has 0 aliphatic carbocycles. The van der Waals surface area contributed by atoms with Crippen LogP contribution in [0.1, 0.15) is 0 Å². The van der Waals surface area contributed by atoms with Crippen LogP contribution < -0.4 is 5.32 Å². The maximum Gasteiger partial charge on any atom is 0.318 e. The molecule has 0 heterocycles. The molecule has 0 aliphatic rings. The third kappa shape index (κ3) is 5.96. The molecule has 0 saturated heterocycles. The molecule has 0 unspecified atom stereocenters. The van der Waals surface area contributed by atoms with E-state index in [2.05, 4.69) is 0 Å². The van der Waals surface area contributed by atoms with Gasteiger partial charge in [0.05, 0.1) is 6.07 Å². The van der Waals surface area contributed by atoms with Crippen molar-refractivity contribution in [2.24, 2.45) is 0 Å². The number of carbonyl (C=O) groups excluding carboxylic acids is 1. The Bertz CT molecular complexity index is 366. The molecule has 0 aromatic carbocycles. The molecule has 0 fully saturated rings. The van der Waals surface area contributed by atoms with Crippen molar-refractivity contribution >= 4 is 21.7 Å². The first-order chi connectivity index (χ1) is 6.37. The number of hydrogen-bond acceptors (Lipinski definition) is 5. The van der Waals surface area contributed by atoms with E-state index in [0.717, 1.165) is 0 Å². The molecule has 8 heteroatoms. The summed E-state index contributed by atoms with van der Waals surface area (Å²) in [6.45, 7) is -0.304. The predicted octanol–water partition coefficient (Wildman–Crippen LogP) is -1.87. The first-order valence-corrected chi connectivity index (χ1v) is 5.25. The highest BCUT2D eigenvalue weighted by Crippen LogP contribution is 1.89. The maximum absolute atomic E-state index is 10.9. The topological polar surface area (TPSA) is 124 Å². The number of nitriles is 1. The van der Waals surface area contributed by atoms with Gasteiger partial charge in [-0.05, 0) is 0 Å². The summed E-state index contributed by atoms with van der Waals surface area (Å²) in [4.78, 5) is 20.8. The van der Waals surface area contributed by atoms with Crippen molar-refractivity contribution in [1.29, 1.82) is 5.26 Å². The monoisotopic (exact) mass is 220 g/mol. The summed E-state index contributed by atoms with van der Waals surface area (Å²) in [6.07, 6.45) is 0. The van der Waals surface area contributed by atoms with Gasteiger partial charge in [-0.15, -0.1) is 0 Å². The summed E-state index contributed by atoms with van der Waals surface area (Å²) in [5.74, 6) is -4.40. The van der Waals surface area contributed by atoms with Crippen LogP contribution >= 0.6 is 0 Å². The second-order valence-corrected chi connectivity index (χ2v) is 4.43. The quantitative estimate of drug-likeness (QED) is 0.523. The van der Waals surface area contributed by atoms with E-state index in [1.165, 1.54) is 0 Å². The van der Waals surface area contributed by atoms with Crippen LogP contribution in [0.5, 0.6) is 0 Å². The first kappa shape index (κ1) is 12.4. The van der Waals surface area contributed by atoms with E-state index in [4.69, 9.17) is 10.4 Å². The van der Waals surface area contributed by atoms with Crippen molar-refractivity contribution < 1.29 is 23.1 Å². The molecule has 1 amide bonds. The van der Waals surface area contributed by atoms with Crippen LogP contribution in [0, 0.1) is 11.3 Å². The second kappa shape index (κ2) is 5.18. The van der Waals surface area contributed by atoms with Gasteiger partial charge in [-0.25, -0.2) is 8.42 Å². The van der Waals surface area contributed by atoms with Gasteiger partial charge in [0, 0.05) is 0 Å². The summed E-state index contributed by atoms with van der Waals surface area (Å²) in [6, 6.07) is 1.58. The van der Waals surface area contributed by atoms with Crippen molar-refractivity contribution in [3.05, 3.63) is 0 Å². The molecule has 0 bridgehead atoms. The van der Waals surface area contributed by atoms with Crippen LogP contribution in [0.15, 0.2) is 0 Å². The van der Waals surface area contributed by atoms with Crippen LogP contribution in [0.2, 0.25) is 0 Å². The minimum atomic E-state index is -3.93. The Kier molecular flexibility index (Phi) is 4.58. The van der Waals surface area contributed by atoms with Crippen molar-refractivity contribution in [2.45, 2.75) is 0 Å². The summed E-state index contributed by atoms with van der Waals surface area (Å²) in [5.41, 5.74) is 0. The molecule has 0 aliphatic heterocycles. The van der Waals surface area contributed by atoms with Gasteiger partial charge >= 0.3 is 5.97 Å². The zero-order valence-corrected chi connectivity index (χ0v) is 7.87. The van der Waals surface area contributed by atoms with Gasteiger partial charge in [-0.1, -0.05) is 0 Å². The Morgan fingerprint density at radius 1 is 1.36 bits per heavy atom. The number of carboxylic acids is 1. The number of rotatable bonds is 5. The van der Waals surface area contributed by atoms with E-state index in [1.807, 2.05) is 5.32 Å². The molecule has 0 spiro atoms. The highest BCUT2D eigenvalue weighted by molar-refractivity contribution is 7.92. The van der Waals surface area contributed by atoms with E-state index in [-0.39, 0.29) is 6.54 Å². The van der Waals surface area contributed by atoms with Gasteiger partial charge in [0.15, 0.2) is 9.84 Å². The standard InChI is InChI=1S/C6H8N2O5S/c7-1-2-8-5(9)3-14(12,13)4-6(10)11/h2-4H2,(H,8,9)(H,10,11). The highest BCUT2D eigenvalue weighted by atomic mass is 32.2. The first-order valence-electron chi connectivity index (χ1n) is 3.43. The largest absolute Gasteiger partial charge is 0.480 e. The molecular weight excluding hydrogens is 212 g/mol. The van der Waals surface area contributed by atoms with Crippen LogP contribution in [0.4, 0.5) is 0 Å². The van der Waals surface area contributed by atoms with Crippen molar-refractivity contribution in [1.82, 2.24) is 5.32 Å². The molecule has 0 aromatic heterocycles. The van der Waals surface area contributed by atoms with Crippen LogP contribution in [-0.2, 0) is 19.4 Å². The Balaban J connectivity index is 4.18. The SMILES string of the molecule is N#CCNC(=O)CS(=O)(=O)CC(=O)O. The van der Waals surface area contributed by atoms with Crippen molar-refractivity contribution in [3.8, 4) is 6.07 Å². The van der Waals surface area contributed by atoms with Crippen LogP contribution in [0.3, 0.4) is 0 Å². The maximum atomic E-state index is 10.9. The fraction of sp³-hybridized carbons (Fsp3) is 0.500. The summed E-state index contributed by atoms with van der Waals surface area (Å²) >= 11 is 0. The molecule has 2 N–H and O–H groups in total. The number of hydrogen-bond donors (Lipinski definition) is 2. The summed E-state index contributed by atoms with van der Waals surface area (Å²) in [5, 5.41) is 18.2. The van der Waals surface area contributed by atoms with E-state index in [1.54, 1.807) is 6.07 Å². The van der Waals surface area contributed by atoms with E-state index in [0.29, 0.717) is 0 Å². The predicted molar refractivity (Wildman–Crippen MR) is 44.9 cm³/mol. The molecule has 0 radical (unpaired) electrons. The third-order valence-corrected chi connectivity index (χ3v) is 2.45. The number of nitrogens with zero attached hydrogens (tertiary/aromatic N) is 1. The smallest absolute Gasteiger partial charge is 0.318 e. The minimum Gasteiger partial charge on any atom is -0.480 e. The van der Waals surface area contributed by atoms with Gasteiger partial charge < -0.3 is 10.4 Å². The normalized spacial score (nSPS) is 10.2. The number of carboxylic acid groups (broad SMARTS) is 1. The molecular formula is C6H8N2O5S. The highest BCUT2D eigenvalue weighted by Gasteiger charge is 2.19. The molecule has 0 saturated carbocycles. The fourth-order valence-corrected chi connectivity index (χ4v) is 1.61. The summed E-state index contributed by atoms with van der Waals surface area (Å²) < 4.78 is 21.8. The Morgan fingerprint density at radius 2 is 1.93 bits per heavy atom. The van der Waals surface area contributed by atoms with Crippen LogP contribution in [-0.4, -0.2) is 43.5 Å². The molecule has 0 rings (SSSR count). The Hall–Kier alpha value is -1.62. The molecule has 78 valence electrons. The van der Waals surface area contributed by atoms with Gasteiger partial charge in [-0.2, -0.15) is 5.26 Å². The van der Waals surface area contributed by atoms with Gasteiger partial charge in [0.25, 0.3) is 0 Å². The van der Waals surface area contributed by atoms with Gasteiger partial charge in [0.1, 0.15) is 18.1 Å². The fourth-order valence-electron chi connectivity index (χ4n) is 0.628. The lowest BCUT2D eigenvalue weighted by molar-refractivity contribution is -0.134. The van der Waals surface area contributed by atoms with E-state index in [9.17, 15) is 18.0 Å². The average Bonchev–Trinajstić information content (AvgIpc) is 1.96. The van der Waals surface area contributed by atoms with Crippen LogP contribution in [0.25, 0.3) is 0 Å². The zero-order chi connectivity index (χ0) is 11.2. The Morgan fingerprint density at radius 3 is 2.36 bits per heavy atom. The summed E-state index contributed by atoms with van der Waals surface area (Å²) in [7, 11) is -3.93. The molecule has 0 atom stereocenters. The van der Waals surface area contributed by atoms with Crippen molar-refractivity contribution in [2.75, 3.05) is 18.1 Å². The molecule has 14 heavy (non-hydrogen) atoms. The lowest BCUT2D eigenvalue weighted by Gasteiger charge is -2.00. The third-order valence-electron chi connectivity index (χ3n) is 1.06. The molecule has 7 nitrogen and oxygen atoms in total. The van der Waals surface area contributed by atoms with Crippen molar-refractivity contribution in [3.63, 3.8) is 0 Å². The number of aliphatic carboxylic acids is 1. The number of nitrogens with one attached hydrogen (secondary N) is 1. The number of carbonyl (C=O) groups is 2. The lowest BCUT2D eigenvalue weighted by Crippen LogP contribution is -2.32. The molecule has 0 aromatic rings. The van der Waals surface area contributed by atoms with E-state index < -0.39 is 33.2 Å². The number of amides is 1. The second-order valence-electron chi connectivity index (χ2n) is 2.36. The zero-order valence-electron chi connectivity index (χ0n) is 7.06. The van der Waals surface area contributed by atoms with Gasteiger partial charge in [0.2, 0.25) is 5.91 Å². The Labute approximate surface area is 80.2 Å². The minimum absolute atomic E-state index is 0.304. The lowest BCUT2D eigenvalue weighted by atomic mass is 10.6. The van der Waals surface area contributed by atoms with E-state index >= 15 is 0 Å². The van der Waals surface area contributed by atoms with Gasteiger partial charge in [-0.3, -0.25) is 9.59 Å². The number of sulfone groups is 1. The average molecular weight is 220 g/mol.